The van der Waals surface area contributed by atoms with E-state index in [4.69, 9.17) is 23.9 Å². The summed E-state index contributed by atoms with van der Waals surface area (Å²) in [5, 5.41) is 1.42. The van der Waals surface area contributed by atoms with Crippen LogP contribution >= 0.6 is 0 Å². The van der Waals surface area contributed by atoms with Crippen molar-refractivity contribution in [2.45, 2.75) is 83.0 Å². The summed E-state index contributed by atoms with van der Waals surface area (Å²) in [6.07, 6.45) is 4.63. The van der Waals surface area contributed by atoms with Crippen molar-refractivity contribution in [2.75, 3.05) is 20.8 Å². The van der Waals surface area contributed by atoms with Crippen LogP contribution in [-0.2, 0) is 38.3 Å². The number of hydrogen-bond acceptors (Lipinski definition) is 9. The normalized spacial score (nSPS) is 34.6. The molecule has 0 radical (unpaired) electrons. The first-order chi connectivity index (χ1) is 15.1. The average molecular weight is 454 g/mol. The summed E-state index contributed by atoms with van der Waals surface area (Å²) in [7, 11) is 2.61. The Morgan fingerprint density at radius 1 is 0.969 bits per heavy atom. The van der Waals surface area contributed by atoms with Gasteiger partial charge >= 0.3 is 17.9 Å². The maximum atomic E-state index is 13.3. The predicted octanol–water partition coefficient (Wildman–Crippen LogP) is 2.57. The van der Waals surface area contributed by atoms with E-state index in [1.165, 1.54) is 19.4 Å². The number of hydroxylamine groups is 2. The van der Waals surface area contributed by atoms with E-state index in [2.05, 4.69) is 0 Å². The summed E-state index contributed by atoms with van der Waals surface area (Å²) in [6.45, 7) is 5.72. The molecule has 9 heteroatoms. The molecular weight excluding hydrogens is 418 g/mol. The van der Waals surface area contributed by atoms with Gasteiger partial charge in [-0.2, -0.15) is 0 Å². The van der Waals surface area contributed by atoms with Gasteiger partial charge in [-0.15, -0.1) is 0 Å². The Hall–Kier alpha value is -1.71. The molecule has 2 saturated heterocycles. The van der Waals surface area contributed by atoms with Crippen molar-refractivity contribution in [1.82, 2.24) is 5.23 Å². The Kier molecular flexibility index (Phi) is 6.05. The van der Waals surface area contributed by atoms with Gasteiger partial charge in [0.25, 0.3) is 0 Å². The standard InChI is InChI=1S/C23H35NO8/c1-21(2,3)31-18(25)16-12-23-15(13-30-24(23)32-16)11-22(19(26)28-4,20(27)29-5)17(23)14-9-7-6-8-10-14/h14-17H,6-13H2,1-5H3/t15-,16+,17+,23+/m1/s1. The predicted molar refractivity (Wildman–Crippen MR) is 110 cm³/mol. The monoisotopic (exact) mass is 453 g/mol. The van der Waals surface area contributed by atoms with Crippen molar-refractivity contribution in [3.63, 3.8) is 0 Å². The highest BCUT2D eigenvalue weighted by atomic mass is 17.0. The van der Waals surface area contributed by atoms with Crippen LogP contribution in [0.5, 0.6) is 0 Å². The zero-order valence-corrected chi connectivity index (χ0v) is 19.7. The van der Waals surface area contributed by atoms with E-state index in [1.54, 1.807) is 20.8 Å². The van der Waals surface area contributed by atoms with Gasteiger partial charge in [0.05, 0.1) is 26.4 Å². The fraction of sp³-hybridized carbons (Fsp3) is 0.870. The molecule has 0 N–H and O–H groups in total. The van der Waals surface area contributed by atoms with Crippen LogP contribution in [0, 0.1) is 23.2 Å². The lowest BCUT2D eigenvalue weighted by Crippen LogP contribution is -2.56. The molecule has 4 atom stereocenters. The second-order valence-electron chi connectivity index (χ2n) is 10.6. The van der Waals surface area contributed by atoms with E-state index in [0.717, 1.165) is 32.1 Å². The molecule has 1 spiro atoms. The number of ether oxygens (including phenoxy) is 3. The fourth-order valence-corrected chi connectivity index (χ4v) is 6.70. The highest BCUT2D eigenvalue weighted by Gasteiger charge is 2.78. The fourth-order valence-electron chi connectivity index (χ4n) is 6.70. The maximum Gasteiger partial charge on any atom is 0.338 e. The lowest BCUT2D eigenvalue weighted by atomic mass is 9.61. The second-order valence-corrected chi connectivity index (χ2v) is 10.6. The van der Waals surface area contributed by atoms with Gasteiger partial charge in [-0.3, -0.25) is 19.3 Å². The summed E-state index contributed by atoms with van der Waals surface area (Å²) in [5.74, 6) is -2.18. The number of methoxy groups -OCH3 is 2. The number of esters is 3. The number of hydrogen-bond donors (Lipinski definition) is 0. The van der Waals surface area contributed by atoms with Crippen molar-refractivity contribution in [3.05, 3.63) is 0 Å². The van der Waals surface area contributed by atoms with Crippen LogP contribution in [0.1, 0.15) is 65.7 Å². The first-order valence-electron chi connectivity index (χ1n) is 11.6. The van der Waals surface area contributed by atoms with E-state index in [0.29, 0.717) is 13.0 Å². The van der Waals surface area contributed by atoms with Gasteiger partial charge < -0.3 is 14.2 Å². The minimum atomic E-state index is -1.45. The minimum absolute atomic E-state index is 0.0807. The molecule has 32 heavy (non-hydrogen) atoms. The van der Waals surface area contributed by atoms with Gasteiger partial charge in [0.2, 0.25) is 0 Å². The highest BCUT2D eigenvalue weighted by molar-refractivity contribution is 6.01. The zero-order valence-electron chi connectivity index (χ0n) is 19.7. The number of nitrogens with zero attached hydrogens (tertiary/aromatic N) is 1. The Bertz CT molecular complexity index is 754. The molecule has 4 aliphatic rings. The summed E-state index contributed by atoms with van der Waals surface area (Å²) in [5.41, 5.74) is -2.91. The quantitative estimate of drug-likeness (QED) is 0.361. The molecule has 4 rings (SSSR count). The van der Waals surface area contributed by atoms with Crippen molar-refractivity contribution < 1.29 is 38.3 Å². The number of carbonyl (C=O) groups excluding carboxylic acids is 3. The van der Waals surface area contributed by atoms with Crippen LogP contribution in [0.3, 0.4) is 0 Å². The van der Waals surface area contributed by atoms with E-state index in [9.17, 15) is 14.4 Å². The Morgan fingerprint density at radius 2 is 1.59 bits per heavy atom. The van der Waals surface area contributed by atoms with Crippen molar-refractivity contribution in [1.29, 1.82) is 0 Å². The van der Waals surface area contributed by atoms with Crippen LogP contribution in [0.2, 0.25) is 0 Å². The summed E-state index contributed by atoms with van der Waals surface area (Å²) >= 11 is 0. The molecule has 0 aromatic rings. The van der Waals surface area contributed by atoms with E-state index >= 15 is 0 Å². The third kappa shape index (κ3) is 3.44. The second kappa shape index (κ2) is 8.25. The van der Waals surface area contributed by atoms with Gasteiger partial charge in [-0.1, -0.05) is 37.3 Å². The van der Waals surface area contributed by atoms with Crippen LogP contribution < -0.4 is 0 Å². The lowest BCUT2D eigenvalue weighted by Gasteiger charge is -2.44. The molecule has 0 amide bonds. The third-order valence-corrected chi connectivity index (χ3v) is 7.70. The van der Waals surface area contributed by atoms with Gasteiger partial charge in [0.1, 0.15) is 5.60 Å². The van der Waals surface area contributed by atoms with Gasteiger partial charge in [0, 0.05) is 18.3 Å². The minimum Gasteiger partial charge on any atom is -0.468 e. The van der Waals surface area contributed by atoms with Crippen molar-refractivity contribution in [2.24, 2.45) is 23.2 Å². The van der Waals surface area contributed by atoms with E-state index < -0.39 is 46.5 Å². The van der Waals surface area contributed by atoms with Gasteiger partial charge in [-0.25, -0.2) is 4.79 Å². The molecule has 2 saturated carbocycles. The largest absolute Gasteiger partial charge is 0.468 e. The van der Waals surface area contributed by atoms with Crippen LogP contribution in [0.4, 0.5) is 0 Å². The highest BCUT2D eigenvalue weighted by Crippen LogP contribution is 2.66. The number of carbonyl (C=O) groups is 3. The molecule has 2 heterocycles. The smallest absolute Gasteiger partial charge is 0.338 e. The molecule has 4 fully saturated rings. The molecule has 0 aromatic heterocycles. The molecule has 0 bridgehead atoms. The third-order valence-electron chi connectivity index (χ3n) is 7.70. The zero-order chi connectivity index (χ0) is 23.3. The van der Waals surface area contributed by atoms with E-state index in [-0.39, 0.29) is 18.3 Å². The molecule has 180 valence electrons. The topological polar surface area (TPSA) is 101 Å². The molecule has 9 nitrogen and oxygen atoms in total. The molecular formula is C23H35NO8. The first kappa shape index (κ1) is 23.4. The molecule has 2 aliphatic heterocycles. The Balaban J connectivity index is 1.78. The van der Waals surface area contributed by atoms with E-state index in [1.807, 2.05) is 0 Å². The first-order valence-corrected chi connectivity index (χ1v) is 11.6. The van der Waals surface area contributed by atoms with Crippen molar-refractivity contribution >= 4 is 17.9 Å². The van der Waals surface area contributed by atoms with Crippen molar-refractivity contribution in [3.8, 4) is 0 Å². The molecule has 0 aromatic carbocycles. The number of rotatable bonds is 4. The Morgan fingerprint density at radius 3 is 2.16 bits per heavy atom. The summed E-state index contributed by atoms with van der Waals surface area (Å²) in [4.78, 5) is 51.3. The Labute approximate surface area is 188 Å². The lowest BCUT2D eigenvalue weighted by molar-refractivity contribution is -0.365. The molecule has 2 aliphatic carbocycles. The van der Waals surface area contributed by atoms with Gasteiger partial charge in [0.15, 0.2) is 11.5 Å². The summed E-state index contributed by atoms with van der Waals surface area (Å²) in [6, 6.07) is 0. The molecule has 0 unspecified atom stereocenters. The van der Waals surface area contributed by atoms with Crippen LogP contribution in [0.25, 0.3) is 0 Å². The average Bonchev–Trinajstić information content (AvgIpc) is 3.37. The summed E-state index contributed by atoms with van der Waals surface area (Å²) < 4.78 is 16.0. The SMILES string of the molecule is COC(=O)C1(C(=O)OC)C[C@@H]2CON3O[C@H](C(=O)OC(C)(C)C)C[C@@]23[C@H]1C1CCCCC1. The van der Waals surface area contributed by atoms with Crippen LogP contribution in [0.15, 0.2) is 0 Å². The van der Waals surface area contributed by atoms with Gasteiger partial charge in [-0.05, 0) is 33.1 Å². The van der Waals surface area contributed by atoms with Crippen LogP contribution in [-0.4, -0.2) is 61.2 Å². The maximum absolute atomic E-state index is 13.3.